The Morgan fingerprint density at radius 2 is 1.96 bits per heavy atom. The fraction of sp³-hybridized carbons (Fsp3) is 0.529. The number of carbonyl (C=O) groups excluding carboxylic acids is 1. The van der Waals surface area contributed by atoms with E-state index in [0.29, 0.717) is 24.3 Å². The quantitative estimate of drug-likeness (QED) is 0.890. The van der Waals surface area contributed by atoms with Crippen molar-refractivity contribution < 1.29 is 23.1 Å². The Morgan fingerprint density at radius 1 is 1.33 bits per heavy atom. The lowest BCUT2D eigenvalue weighted by molar-refractivity contribution is -0.302. The van der Waals surface area contributed by atoms with E-state index in [1.54, 1.807) is 30.3 Å². The highest BCUT2D eigenvalue weighted by Gasteiger charge is 2.62. The van der Waals surface area contributed by atoms with Gasteiger partial charge in [-0.25, -0.2) is 0 Å². The number of halogens is 3. The predicted molar refractivity (Wildman–Crippen MR) is 84.1 cm³/mol. The molecule has 1 aromatic rings. The van der Waals surface area contributed by atoms with Crippen LogP contribution in [0.1, 0.15) is 38.7 Å². The van der Waals surface area contributed by atoms with Gasteiger partial charge in [0, 0.05) is 12.1 Å². The Morgan fingerprint density at radius 3 is 2.50 bits per heavy atom. The number of carbonyl (C=O) groups is 1. The SMILES string of the molecule is CC(C)CCC1=NN(C(=O)Cc2ccccc2)[C@@](O)(C(F)(F)F)C1. The first-order valence-electron chi connectivity index (χ1n) is 7.86. The van der Waals surface area contributed by atoms with E-state index in [0.717, 1.165) is 0 Å². The monoisotopic (exact) mass is 342 g/mol. The van der Waals surface area contributed by atoms with Crippen LogP contribution in [0.2, 0.25) is 0 Å². The van der Waals surface area contributed by atoms with Gasteiger partial charge in [0.1, 0.15) is 0 Å². The summed E-state index contributed by atoms with van der Waals surface area (Å²) in [4.78, 5) is 12.3. The lowest BCUT2D eigenvalue weighted by Gasteiger charge is -2.32. The summed E-state index contributed by atoms with van der Waals surface area (Å²) in [6, 6.07) is 8.42. The normalized spacial score (nSPS) is 21.3. The molecule has 0 aromatic heterocycles. The largest absolute Gasteiger partial charge is 0.438 e. The summed E-state index contributed by atoms with van der Waals surface area (Å²) >= 11 is 0. The molecule has 132 valence electrons. The summed E-state index contributed by atoms with van der Waals surface area (Å²) in [5.74, 6) is -0.582. The highest BCUT2D eigenvalue weighted by molar-refractivity contribution is 5.91. The molecule has 0 radical (unpaired) electrons. The second-order valence-electron chi connectivity index (χ2n) is 6.46. The van der Waals surface area contributed by atoms with E-state index in [1.165, 1.54) is 0 Å². The van der Waals surface area contributed by atoms with Crippen LogP contribution >= 0.6 is 0 Å². The van der Waals surface area contributed by atoms with Crippen LogP contribution in [0.4, 0.5) is 13.2 Å². The van der Waals surface area contributed by atoms with Crippen molar-refractivity contribution in [3.05, 3.63) is 35.9 Å². The van der Waals surface area contributed by atoms with E-state index >= 15 is 0 Å². The molecule has 0 bridgehead atoms. The molecule has 1 aliphatic rings. The van der Waals surface area contributed by atoms with Gasteiger partial charge in [-0.2, -0.15) is 23.3 Å². The van der Waals surface area contributed by atoms with Crippen LogP contribution in [-0.2, 0) is 11.2 Å². The molecule has 2 rings (SSSR count). The average molecular weight is 342 g/mol. The van der Waals surface area contributed by atoms with E-state index in [-0.39, 0.29) is 17.1 Å². The maximum atomic E-state index is 13.3. The molecular formula is C17H21F3N2O2. The van der Waals surface area contributed by atoms with E-state index in [2.05, 4.69) is 5.10 Å². The fourth-order valence-electron chi connectivity index (χ4n) is 2.54. The van der Waals surface area contributed by atoms with Gasteiger partial charge < -0.3 is 5.11 Å². The minimum atomic E-state index is -4.97. The van der Waals surface area contributed by atoms with Crippen molar-refractivity contribution in [2.45, 2.75) is 51.4 Å². The van der Waals surface area contributed by atoms with Crippen molar-refractivity contribution in [1.82, 2.24) is 5.01 Å². The van der Waals surface area contributed by atoms with Crippen LogP contribution in [-0.4, -0.2) is 33.6 Å². The molecule has 1 amide bonds. The third kappa shape index (κ3) is 3.95. The van der Waals surface area contributed by atoms with Crippen molar-refractivity contribution in [2.24, 2.45) is 11.0 Å². The summed E-state index contributed by atoms with van der Waals surface area (Å²) in [6.07, 6.45) is -4.94. The zero-order chi connectivity index (χ0) is 18.0. The number of alkyl halides is 3. The zero-order valence-corrected chi connectivity index (χ0v) is 13.7. The van der Waals surface area contributed by atoms with Crippen LogP contribution in [0, 0.1) is 5.92 Å². The number of aliphatic hydroxyl groups is 1. The summed E-state index contributed by atoms with van der Waals surface area (Å²) in [5.41, 5.74) is -2.49. The van der Waals surface area contributed by atoms with Crippen LogP contribution in [0.25, 0.3) is 0 Å². The van der Waals surface area contributed by atoms with E-state index in [1.807, 2.05) is 13.8 Å². The van der Waals surface area contributed by atoms with Gasteiger partial charge in [-0.05, 0) is 24.3 Å². The van der Waals surface area contributed by atoms with Gasteiger partial charge in [-0.15, -0.1) is 0 Å². The summed E-state index contributed by atoms with van der Waals surface area (Å²) in [7, 11) is 0. The number of hydrazone groups is 1. The number of hydrogen-bond acceptors (Lipinski definition) is 3. The van der Waals surface area contributed by atoms with Gasteiger partial charge in [0.2, 0.25) is 5.91 Å². The van der Waals surface area contributed by atoms with Crippen LogP contribution in [0.5, 0.6) is 0 Å². The third-order valence-corrected chi connectivity index (χ3v) is 3.94. The maximum Gasteiger partial charge on any atom is 0.438 e. The number of hydrogen-bond donors (Lipinski definition) is 1. The molecule has 0 aliphatic carbocycles. The first-order valence-corrected chi connectivity index (χ1v) is 7.86. The molecule has 0 saturated carbocycles. The lowest BCUT2D eigenvalue weighted by Crippen LogP contribution is -2.57. The average Bonchev–Trinajstić information content (AvgIpc) is 2.84. The van der Waals surface area contributed by atoms with Gasteiger partial charge in [0.05, 0.1) is 6.42 Å². The smallest absolute Gasteiger partial charge is 0.362 e. The molecule has 1 N–H and O–H groups in total. The Bertz CT molecular complexity index is 614. The summed E-state index contributed by atoms with van der Waals surface area (Å²) in [6.45, 7) is 3.90. The van der Waals surface area contributed by atoms with E-state index in [9.17, 15) is 23.1 Å². The van der Waals surface area contributed by atoms with Gasteiger partial charge in [0.25, 0.3) is 5.72 Å². The fourth-order valence-corrected chi connectivity index (χ4v) is 2.54. The number of amides is 1. The van der Waals surface area contributed by atoms with Crippen LogP contribution < -0.4 is 0 Å². The van der Waals surface area contributed by atoms with Crippen molar-refractivity contribution in [2.75, 3.05) is 0 Å². The molecule has 1 aliphatic heterocycles. The molecule has 0 unspecified atom stereocenters. The standard InChI is InChI=1S/C17H21F3N2O2/c1-12(2)8-9-14-11-16(24,17(18,19)20)22(21-14)15(23)10-13-6-4-3-5-7-13/h3-7,12,24H,8-11H2,1-2H3/t16-/m0/s1. The van der Waals surface area contributed by atoms with Crippen molar-refractivity contribution >= 4 is 11.6 Å². The van der Waals surface area contributed by atoms with Crippen molar-refractivity contribution in [3.8, 4) is 0 Å². The Balaban J connectivity index is 2.22. The minimum absolute atomic E-state index is 0.199. The molecule has 0 fully saturated rings. The molecule has 1 aromatic carbocycles. The number of nitrogens with zero attached hydrogens (tertiary/aromatic N) is 2. The maximum absolute atomic E-state index is 13.3. The van der Waals surface area contributed by atoms with Crippen LogP contribution in [0.15, 0.2) is 35.4 Å². The molecule has 4 nitrogen and oxygen atoms in total. The zero-order valence-electron chi connectivity index (χ0n) is 13.7. The van der Waals surface area contributed by atoms with E-state index < -0.39 is 24.2 Å². The molecule has 1 heterocycles. The highest BCUT2D eigenvalue weighted by Crippen LogP contribution is 2.41. The molecule has 1 atom stereocenters. The Kier molecular flexibility index (Phi) is 5.32. The summed E-state index contributed by atoms with van der Waals surface area (Å²) < 4.78 is 40.0. The third-order valence-electron chi connectivity index (χ3n) is 3.94. The van der Waals surface area contributed by atoms with Crippen LogP contribution in [0.3, 0.4) is 0 Å². The predicted octanol–water partition coefficient (Wildman–Crippen LogP) is 3.50. The minimum Gasteiger partial charge on any atom is -0.362 e. The highest BCUT2D eigenvalue weighted by atomic mass is 19.4. The van der Waals surface area contributed by atoms with Gasteiger partial charge in [-0.3, -0.25) is 4.79 Å². The van der Waals surface area contributed by atoms with Gasteiger partial charge in [0.15, 0.2) is 0 Å². The molecule has 0 spiro atoms. The topological polar surface area (TPSA) is 52.9 Å². The molecule has 7 heteroatoms. The van der Waals surface area contributed by atoms with E-state index in [4.69, 9.17) is 0 Å². The number of benzene rings is 1. The lowest BCUT2D eigenvalue weighted by atomic mass is 9.99. The molecule has 24 heavy (non-hydrogen) atoms. The first kappa shape index (κ1) is 18.4. The molecule has 0 saturated heterocycles. The van der Waals surface area contributed by atoms with Crippen molar-refractivity contribution in [1.29, 1.82) is 0 Å². The first-order chi connectivity index (χ1) is 11.1. The molecular weight excluding hydrogens is 321 g/mol. The van der Waals surface area contributed by atoms with Gasteiger partial charge >= 0.3 is 6.18 Å². The van der Waals surface area contributed by atoms with Gasteiger partial charge in [-0.1, -0.05) is 44.2 Å². The number of rotatable bonds is 5. The second-order valence-corrected chi connectivity index (χ2v) is 6.46. The van der Waals surface area contributed by atoms with Crippen molar-refractivity contribution in [3.63, 3.8) is 0 Å². The Labute approximate surface area is 139 Å². The Hall–Kier alpha value is -1.89. The second kappa shape index (κ2) is 6.93. The summed E-state index contributed by atoms with van der Waals surface area (Å²) in [5, 5.41) is 14.2.